The van der Waals surface area contributed by atoms with E-state index in [9.17, 15) is 18.0 Å². The summed E-state index contributed by atoms with van der Waals surface area (Å²) in [6.07, 6.45) is -3.20. The van der Waals surface area contributed by atoms with Crippen molar-refractivity contribution in [3.8, 4) is 11.5 Å². The summed E-state index contributed by atoms with van der Waals surface area (Å²) >= 11 is 5.93. The molecule has 164 valence electrons. The third-order valence-electron chi connectivity index (χ3n) is 4.55. The number of benzene rings is 1. The van der Waals surface area contributed by atoms with Gasteiger partial charge in [-0.3, -0.25) is 9.48 Å². The fraction of sp³-hybridized carbons (Fsp3) is 0.500. The minimum atomic E-state index is -4.67. The van der Waals surface area contributed by atoms with Gasteiger partial charge in [-0.15, -0.1) is 0 Å². The Balaban J connectivity index is 1.69. The van der Waals surface area contributed by atoms with Crippen LogP contribution in [0.4, 0.5) is 13.2 Å². The molecular formula is C20H23ClF3N3O3. The Morgan fingerprint density at radius 2 is 1.90 bits per heavy atom. The van der Waals surface area contributed by atoms with E-state index in [1.807, 2.05) is 13.8 Å². The molecule has 10 heteroatoms. The van der Waals surface area contributed by atoms with E-state index in [1.54, 1.807) is 18.2 Å². The van der Waals surface area contributed by atoms with Crippen molar-refractivity contribution in [1.29, 1.82) is 0 Å². The van der Waals surface area contributed by atoms with E-state index in [1.165, 1.54) is 0 Å². The predicted octanol–water partition coefficient (Wildman–Crippen LogP) is 4.55. The number of carbonyl (C=O) groups is 1. The van der Waals surface area contributed by atoms with Gasteiger partial charge in [0.1, 0.15) is 6.54 Å². The van der Waals surface area contributed by atoms with E-state index >= 15 is 0 Å². The lowest BCUT2D eigenvalue weighted by Gasteiger charge is -2.13. The normalized spacial score (nSPS) is 13.9. The molecule has 0 radical (unpaired) electrons. The summed E-state index contributed by atoms with van der Waals surface area (Å²) in [5.74, 6) is 0.621. The lowest BCUT2D eigenvalue weighted by molar-refractivity contribution is -0.141. The van der Waals surface area contributed by atoms with E-state index in [4.69, 9.17) is 21.1 Å². The van der Waals surface area contributed by atoms with Gasteiger partial charge in [0, 0.05) is 12.5 Å². The average molecular weight is 446 g/mol. The highest BCUT2D eigenvalue weighted by Gasteiger charge is 2.42. The van der Waals surface area contributed by atoms with Gasteiger partial charge in [0.2, 0.25) is 5.91 Å². The van der Waals surface area contributed by atoms with Gasteiger partial charge in [-0.25, -0.2) is 0 Å². The summed E-state index contributed by atoms with van der Waals surface area (Å²) in [6, 6.07) is 5.30. The molecule has 3 rings (SSSR count). The van der Waals surface area contributed by atoms with Crippen molar-refractivity contribution in [3.05, 3.63) is 40.2 Å². The zero-order valence-electron chi connectivity index (χ0n) is 16.7. The first-order valence-electron chi connectivity index (χ1n) is 9.73. The summed E-state index contributed by atoms with van der Waals surface area (Å²) < 4.78 is 51.5. The highest BCUT2D eigenvalue weighted by atomic mass is 35.5. The zero-order valence-corrected chi connectivity index (χ0v) is 17.4. The first-order valence-corrected chi connectivity index (χ1v) is 10.1. The Bertz CT molecular complexity index is 911. The van der Waals surface area contributed by atoms with E-state index in [0.717, 1.165) is 23.1 Å². The van der Waals surface area contributed by atoms with Crippen LogP contribution in [0.2, 0.25) is 5.02 Å². The van der Waals surface area contributed by atoms with Gasteiger partial charge in [0.05, 0.1) is 23.9 Å². The first kappa shape index (κ1) is 22.3. The molecule has 0 saturated heterocycles. The SMILES string of the molecule is CCOc1ccc(CNC(=O)Cn2nc(C(F)(F)F)c(Cl)c2C2CC2)cc1OCC. The number of hydrogen-bond acceptors (Lipinski definition) is 4. The van der Waals surface area contributed by atoms with Gasteiger partial charge in [-0.1, -0.05) is 17.7 Å². The van der Waals surface area contributed by atoms with Crippen LogP contribution >= 0.6 is 11.6 Å². The van der Waals surface area contributed by atoms with Crippen molar-refractivity contribution in [1.82, 2.24) is 15.1 Å². The van der Waals surface area contributed by atoms with Gasteiger partial charge in [0.15, 0.2) is 17.2 Å². The summed E-state index contributed by atoms with van der Waals surface area (Å²) in [4.78, 5) is 12.4. The molecule has 6 nitrogen and oxygen atoms in total. The van der Waals surface area contributed by atoms with Crippen LogP contribution in [0.1, 0.15) is 49.6 Å². The van der Waals surface area contributed by atoms with Gasteiger partial charge in [-0.05, 0) is 44.4 Å². The monoisotopic (exact) mass is 445 g/mol. The minimum Gasteiger partial charge on any atom is -0.490 e. The quantitative estimate of drug-likeness (QED) is 0.615. The molecule has 0 atom stereocenters. The molecule has 0 unspecified atom stereocenters. The van der Waals surface area contributed by atoms with Gasteiger partial charge in [0.25, 0.3) is 0 Å². The Kier molecular flexibility index (Phi) is 6.80. The molecule has 1 amide bonds. The van der Waals surface area contributed by atoms with Crippen LogP contribution < -0.4 is 14.8 Å². The standard InChI is InChI=1S/C20H23ClF3N3O3/c1-3-29-14-8-5-12(9-15(14)30-4-2)10-25-16(28)11-27-18(13-6-7-13)17(21)19(26-27)20(22,23)24/h5,8-9,13H,3-4,6-7,10-11H2,1-2H3,(H,25,28). The Morgan fingerprint density at radius 1 is 1.23 bits per heavy atom. The number of amides is 1. The second-order valence-electron chi connectivity index (χ2n) is 6.90. The molecule has 0 aliphatic heterocycles. The fourth-order valence-electron chi connectivity index (χ4n) is 3.10. The molecule has 1 fully saturated rings. The molecule has 1 aliphatic rings. The molecule has 1 saturated carbocycles. The number of hydrogen-bond donors (Lipinski definition) is 1. The number of nitrogens with zero attached hydrogens (tertiary/aromatic N) is 2. The number of ether oxygens (including phenoxy) is 2. The Labute approximate surface area is 177 Å². The maximum absolute atomic E-state index is 13.1. The predicted molar refractivity (Wildman–Crippen MR) is 105 cm³/mol. The van der Waals surface area contributed by atoms with Crippen LogP contribution in [0.5, 0.6) is 11.5 Å². The van der Waals surface area contributed by atoms with E-state index in [-0.39, 0.29) is 24.7 Å². The number of nitrogens with one attached hydrogen (secondary N) is 1. The molecule has 0 bridgehead atoms. The van der Waals surface area contributed by atoms with Crippen LogP contribution in [-0.4, -0.2) is 28.9 Å². The summed E-state index contributed by atoms with van der Waals surface area (Å²) in [7, 11) is 0. The van der Waals surface area contributed by atoms with Crippen LogP contribution in [0.3, 0.4) is 0 Å². The number of aromatic nitrogens is 2. The van der Waals surface area contributed by atoms with Crippen molar-refractivity contribution in [3.63, 3.8) is 0 Å². The molecule has 1 aliphatic carbocycles. The van der Waals surface area contributed by atoms with Crippen molar-refractivity contribution in [2.45, 2.75) is 51.9 Å². The van der Waals surface area contributed by atoms with Crippen molar-refractivity contribution >= 4 is 17.5 Å². The lowest BCUT2D eigenvalue weighted by Crippen LogP contribution is -2.28. The van der Waals surface area contributed by atoms with Crippen LogP contribution in [-0.2, 0) is 24.1 Å². The van der Waals surface area contributed by atoms with Gasteiger partial charge in [-0.2, -0.15) is 18.3 Å². The Morgan fingerprint density at radius 3 is 2.50 bits per heavy atom. The van der Waals surface area contributed by atoms with Crippen molar-refractivity contribution < 1.29 is 27.4 Å². The highest BCUT2D eigenvalue weighted by Crippen LogP contribution is 2.46. The second-order valence-corrected chi connectivity index (χ2v) is 7.28. The largest absolute Gasteiger partial charge is 0.490 e. The number of rotatable bonds is 9. The first-order chi connectivity index (χ1) is 14.2. The summed E-state index contributed by atoms with van der Waals surface area (Å²) in [5.41, 5.74) is -0.0993. The molecular weight excluding hydrogens is 423 g/mol. The number of carbonyl (C=O) groups excluding carboxylic acids is 1. The fourth-order valence-corrected chi connectivity index (χ4v) is 3.50. The molecule has 0 spiro atoms. The molecule has 1 aromatic carbocycles. The number of halogens is 4. The smallest absolute Gasteiger partial charge is 0.436 e. The molecule has 1 N–H and O–H groups in total. The molecule has 2 aromatic rings. The number of alkyl halides is 3. The van der Waals surface area contributed by atoms with Gasteiger partial charge < -0.3 is 14.8 Å². The molecule has 1 aromatic heterocycles. The van der Waals surface area contributed by atoms with Crippen molar-refractivity contribution in [2.24, 2.45) is 0 Å². The highest BCUT2D eigenvalue weighted by molar-refractivity contribution is 6.32. The minimum absolute atomic E-state index is 0.0891. The average Bonchev–Trinajstić information content (AvgIpc) is 3.45. The third kappa shape index (κ3) is 5.19. The van der Waals surface area contributed by atoms with E-state index in [0.29, 0.717) is 24.7 Å². The maximum atomic E-state index is 13.1. The zero-order chi connectivity index (χ0) is 21.9. The third-order valence-corrected chi connectivity index (χ3v) is 4.93. The summed E-state index contributed by atoms with van der Waals surface area (Å²) in [6.45, 7) is 4.52. The van der Waals surface area contributed by atoms with E-state index < -0.39 is 22.8 Å². The van der Waals surface area contributed by atoms with Crippen LogP contribution in [0, 0.1) is 0 Å². The van der Waals surface area contributed by atoms with Gasteiger partial charge >= 0.3 is 6.18 Å². The topological polar surface area (TPSA) is 65.4 Å². The Hall–Kier alpha value is -2.42. The summed E-state index contributed by atoms with van der Waals surface area (Å²) in [5, 5.41) is 5.86. The molecule has 1 heterocycles. The second kappa shape index (κ2) is 9.16. The van der Waals surface area contributed by atoms with Crippen molar-refractivity contribution in [2.75, 3.05) is 13.2 Å². The molecule has 30 heavy (non-hydrogen) atoms. The maximum Gasteiger partial charge on any atom is 0.436 e. The van der Waals surface area contributed by atoms with Crippen LogP contribution in [0.15, 0.2) is 18.2 Å². The lowest BCUT2D eigenvalue weighted by atomic mass is 10.2. The van der Waals surface area contributed by atoms with E-state index in [2.05, 4.69) is 10.4 Å². The van der Waals surface area contributed by atoms with Crippen LogP contribution in [0.25, 0.3) is 0 Å².